The van der Waals surface area contributed by atoms with Gasteiger partial charge in [-0.15, -0.1) is 0 Å². The zero-order chi connectivity index (χ0) is 24.0. The molecular weight excluding hydrogens is 464 g/mol. The highest BCUT2D eigenvalue weighted by atomic mass is 32.2. The van der Waals surface area contributed by atoms with Crippen LogP contribution < -0.4 is 10.5 Å². The van der Waals surface area contributed by atoms with Crippen molar-refractivity contribution in [2.24, 2.45) is 11.8 Å². The fraction of sp³-hybridized carbons (Fsp3) is 0.538. The average molecular weight is 497 g/mol. The van der Waals surface area contributed by atoms with E-state index in [1.54, 1.807) is 15.4 Å². The number of carbonyl (C=O) groups excluding carboxylic acids is 1. The SMILES string of the molecule is Cc1ccc2nc(N3C[C@@H](C)C[C@H](C)C3)c(/C=C3/SC(=S)N(C4CCCCC4)C3=O)c(=O)n2c1. The third kappa shape index (κ3) is 4.42. The molecule has 3 aliphatic rings. The topological polar surface area (TPSA) is 57.9 Å². The molecule has 4 heterocycles. The lowest BCUT2D eigenvalue weighted by Gasteiger charge is -2.36. The molecule has 2 aromatic rings. The third-order valence-corrected chi connectivity index (χ3v) is 8.52. The van der Waals surface area contributed by atoms with Crippen molar-refractivity contribution in [1.82, 2.24) is 14.3 Å². The Morgan fingerprint density at radius 2 is 1.79 bits per heavy atom. The van der Waals surface area contributed by atoms with Crippen molar-refractivity contribution >= 4 is 51.7 Å². The molecule has 2 aromatic heterocycles. The lowest BCUT2D eigenvalue weighted by atomic mass is 9.91. The van der Waals surface area contributed by atoms with Crippen LogP contribution in [0.4, 0.5) is 5.82 Å². The minimum absolute atomic E-state index is 0.0676. The summed E-state index contributed by atoms with van der Waals surface area (Å²) in [4.78, 5) is 36.7. The molecule has 0 N–H and O–H groups in total. The quantitative estimate of drug-likeness (QED) is 0.439. The summed E-state index contributed by atoms with van der Waals surface area (Å²) in [6.07, 6.45) is 10.2. The Kier molecular flexibility index (Phi) is 6.55. The number of rotatable bonds is 3. The lowest BCUT2D eigenvalue weighted by Crippen LogP contribution is -2.41. The van der Waals surface area contributed by atoms with E-state index in [1.807, 2.05) is 25.3 Å². The number of aromatic nitrogens is 2. The number of thiocarbonyl (C=S) groups is 1. The number of hydrogen-bond acceptors (Lipinski definition) is 6. The van der Waals surface area contributed by atoms with E-state index < -0.39 is 0 Å². The van der Waals surface area contributed by atoms with Gasteiger partial charge in [-0.25, -0.2) is 4.98 Å². The zero-order valence-electron chi connectivity index (χ0n) is 20.1. The predicted molar refractivity (Wildman–Crippen MR) is 143 cm³/mol. The Labute approximate surface area is 210 Å². The van der Waals surface area contributed by atoms with E-state index in [9.17, 15) is 9.59 Å². The van der Waals surface area contributed by atoms with Gasteiger partial charge in [0.15, 0.2) is 0 Å². The molecule has 180 valence electrons. The summed E-state index contributed by atoms with van der Waals surface area (Å²) in [7, 11) is 0. The summed E-state index contributed by atoms with van der Waals surface area (Å²) >= 11 is 6.94. The summed E-state index contributed by atoms with van der Waals surface area (Å²) in [5.41, 5.74) is 1.95. The summed E-state index contributed by atoms with van der Waals surface area (Å²) in [5, 5.41) is 0. The van der Waals surface area contributed by atoms with Gasteiger partial charge >= 0.3 is 0 Å². The molecule has 8 heteroatoms. The Hall–Kier alpha value is -2.19. The largest absolute Gasteiger partial charge is 0.355 e. The van der Waals surface area contributed by atoms with Gasteiger partial charge in [-0.2, -0.15) is 0 Å². The molecule has 0 bridgehead atoms. The Morgan fingerprint density at radius 3 is 2.50 bits per heavy atom. The maximum absolute atomic E-state index is 13.8. The number of nitrogens with zero attached hydrogens (tertiary/aromatic N) is 4. The summed E-state index contributed by atoms with van der Waals surface area (Å²) in [6.45, 7) is 8.15. The predicted octanol–water partition coefficient (Wildman–Crippen LogP) is 5.02. The van der Waals surface area contributed by atoms with Crippen molar-refractivity contribution in [3.63, 3.8) is 0 Å². The van der Waals surface area contributed by atoms with E-state index in [1.165, 1.54) is 18.2 Å². The monoisotopic (exact) mass is 496 g/mol. The molecule has 6 nitrogen and oxygen atoms in total. The third-order valence-electron chi connectivity index (χ3n) is 7.19. The second-order valence-corrected chi connectivity index (χ2v) is 12.0. The fourth-order valence-electron chi connectivity index (χ4n) is 5.72. The number of pyridine rings is 1. The molecule has 1 amide bonds. The van der Waals surface area contributed by atoms with E-state index in [-0.39, 0.29) is 17.5 Å². The average Bonchev–Trinajstić information content (AvgIpc) is 3.08. The summed E-state index contributed by atoms with van der Waals surface area (Å²) < 4.78 is 2.21. The number of thioether (sulfide) groups is 1. The van der Waals surface area contributed by atoms with Crippen LogP contribution in [0.1, 0.15) is 63.5 Å². The lowest BCUT2D eigenvalue weighted by molar-refractivity contribution is -0.124. The summed E-state index contributed by atoms with van der Waals surface area (Å²) in [6, 6.07) is 4.04. The van der Waals surface area contributed by atoms with Gasteiger partial charge < -0.3 is 4.90 Å². The first kappa shape index (κ1) is 23.5. The molecule has 0 unspecified atom stereocenters. The molecule has 1 saturated carbocycles. The van der Waals surface area contributed by atoms with Gasteiger partial charge in [0.2, 0.25) is 0 Å². The van der Waals surface area contributed by atoms with Crippen LogP contribution in [0, 0.1) is 18.8 Å². The Morgan fingerprint density at radius 1 is 1.09 bits per heavy atom. The highest BCUT2D eigenvalue weighted by molar-refractivity contribution is 8.26. The van der Waals surface area contributed by atoms with Crippen molar-refractivity contribution in [3.05, 3.63) is 44.7 Å². The van der Waals surface area contributed by atoms with E-state index in [0.29, 0.717) is 38.1 Å². The second-order valence-electron chi connectivity index (χ2n) is 10.3. The highest BCUT2D eigenvalue weighted by Gasteiger charge is 2.38. The second kappa shape index (κ2) is 9.46. The zero-order valence-corrected chi connectivity index (χ0v) is 21.8. The smallest absolute Gasteiger partial charge is 0.267 e. The van der Waals surface area contributed by atoms with Crippen LogP contribution in [-0.2, 0) is 4.79 Å². The van der Waals surface area contributed by atoms with E-state index in [0.717, 1.165) is 50.8 Å². The Balaban J connectivity index is 1.61. The van der Waals surface area contributed by atoms with Crippen molar-refractivity contribution in [2.45, 2.75) is 65.3 Å². The number of aryl methyl sites for hydroxylation is 1. The minimum Gasteiger partial charge on any atom is -0.355 e. The molecule has 0 aromatic carbocycles. The van der Waals surface area contributed by atoms with Crippen LogP contribution in [0.15, 0.2) is 28.0 Å². The molecule has 3 fully saturated rings. The molecule has 5 rings (SSSR count). The van der Waals surface area contributed by atoms with Crippen molar-refractivity contribution in [3.8, 4) is 0 Å². The van der Waals surface area contributed by atoms with Crippen molar-refractivity contribution < 1.29 is 4.79 Å². The molecule has 0 radical (unpaired) electrons. The van der Waals surface area contributed by atoms with E-state index in [2.05, 4.69) is 18.7 Å². The van der Waals surface area contributed by atoms with Gasteiger partial charge in [0, 0.05) is 25.3 Å². The van der Waals surface area contributed by atoms with Gasteiger partial charge in [-0.3, -0.25) is 18.9 Å². The molecule has 1 aliphatic carbocycles. The van der Waals surface area contributed by atoms with Crippen molar-refractivity contribution in [2.75, 3.05) is 18.0 Å². The van der Waals surface area contributed by atoms with Crippen molar-refractivity contribution in [1.29, 1.82) is 0 Å². The maximum atomic E-state index is 13.8. The van der Waals surface area contributed by atoms with Crippen LogP contribution in [-0.4, -0.2) is 43.6 Å². The standard InChI is InChI=1S/C26H32N4O2S2/c1-16-9-10-22-27-23(28-13-17(2)11-18(3)14-28)20(24(31)29(22)15-16)12-21-25(32)30(26(33)34-21)19-7-5-4-6-8-19/h9-10,12,15,17-19H,4-8,11,13-14H2,1-3H3/b21-12+/t17-,18-/m0/s1. The molecule has 0 spiro atoms. The van der Waals surface area contributed by atoms with Gasteiger partial charge in [-0.1, -0.05) is 63.2 Å². The number of carbonyl (C=O) groups is 1. The maximum Gasteiger partial charge on any atom is 0.267 e. The molecular formula is C26H32N4O2S2. The van der Waals surface area contributed by atoms with Crippen LogP contribution in [0.5, 0.6) is 0 Å². The Bertz CT molecular complexity index is 1220. The highest BCUT2D eigenvalue weighted by Crippen LogP contribution is 2.38. The number of fused-ring (bicyclic) bond motifs is 1. The number of hydrogen-bond donors (Lipinski definition) is 0. The van der Waals surface area contributed by atoms with Gasteiger partial charge in [0.25, 0.3) is 11.5 Å². The first-order valence-electron chi connectivity index (χ1n) is 12.4. The molecule has 2 atom stereocenters. The summed E-state index contributed by atoms with van der Waals surface area (Å²) in [5.74, 6) is 1.64. The number of piperidine rings is 1. The molecule has 2 aliphatic heterocycles. The first-order chi connectivity index (χ1) is 16.3. The fourth-order valence-corrected chi connectivity index (χ4v) is 7.10. The van der Waals surface area contributed by atoms with Crippen LogP contribution in [0.3, 0.4) is 0 Å². The van der Waals surface area contributed by atoms with Crippen LogP contribution in [0.25, 0.3) is 11.7 Å². The van der Waals surface area contributed by atoms with Crippen LogP contribution in [0.2, 0.25) is 0 Å². The van der Waals surface area contributed by atoms with E-state index >= 15 is 0 Å². The van der Waals surface area contributed by atoms with Gasteiger partial charge in [0.1, 0.15) is 15.8 Å². The molecule has 34 heavy (non-hydrogen) atoms. The normalized spacial score (nSPS) is 25.7. The van der Waals surface area contributed by atoms with Crippen LogP contribution >= 0.6 is 24.0 Å². The minimum atomic E-state index is -0.141. The number of amides is 1. The van der Waals surface area contributed by atoms with Gasteiger partial charge in [-0.05, 0) is 55.7 Å². The first-order valence-corrected chi connectivity index (χ1v) is 13.6. The van der Waals surface area contributed by atoms with E-state index in [4.69, 9.17) is 17.2 Å². The van der Waals surface area contributed by atoms with Gasteiger partial charge in [0.05, 0.1) is 10.5 Å². The number of anilines is 1. The molecule has 2 saturated heterocycles.